The van der Waals surface area contributed by atoms with Crippen LogP contribution >= 0.6 is 23.2 Å². The number of amides is 2. The molecule has 5 nitrogen and oxygen atoms in total. The van der Waals surface area contributed by atoms with Gasteiger partial charge in [-0.15, -0.1) is 11.6 Å². The van der Waals surface area contributed by atoms with Gasteiger partial charge in [-0.2, -0.15) is 0 Å². The third-order valence-corrected chi connectivity index (χ3v) is 3.95. The van der Waals surface area contributed by atoms with Crippen LogP contribution < -0.4 is 15.4 Å². The average molecular weight is 367 g/mol. The Morgan fingerprint density at radius 1 is 1.12 bits per heavy atom. The summed E-state index contributed by atoms with van der Waals surface area (Å²) in [6, 6.07) is 10.0. The molecule has 2 aromatic rings. The van der Waals surface area contributed by atoms with Gasteiger partial charge in [0, 0.05) is 11.1 Å². The second-order valence-corrected chi connectivity index (χ2v) is 5.66. The molecule has 0 aliphatic carbocycles. The van der Waals surface area contributed by atoms with Crippen molar-refractivity contribution in [3.05, 3.63) is 52.5 Å². The number of para-hydroxylation sites is 1. The van der Waals surface area contributed by atoms with Crippen LogP contribution in [-0.4, -0.2) is 24.8 Å². The summed E-state index contributed by atoms with van der Waals surface area (Å²) in [5.74, 6) is -0.529. The summed E-state index contributed by atoms with van der Waals surface area (Å²) in [5.41, 5.74) is 1.98. The van der Waals surface area contributed by atoms with Crippen LogP contribution in [0.25, 0.3) is 0 Å². The summed E-state index contributed by atoms with van der Waals surface area (Å²) in [7, 11) is 1.49. The summed E-state index contributed by atoms with van der Waals surface area (Å²) in [6.45, 7) is 1.83. The quantitative estimate of drug-likeness (QED) is 0.783. The second-order valence-electron chi connectivity index (χ2n) is 4.98. The number of hydrogen-bond acceptors (Lipinski definition) is 3. The number of ether oxygens (including phenoxy) is 1. The topological polar surface area (TPSA) is 67.4 Å². The lowest BCUT2D eigenvalue weighted by Crippen LogP contribution is -2.19. The van der Waals surface area contributed by atoms with Crippen molar-refractivity contribution in [3.63, 3.8) is 0 Å². The molecular formula is C17H16Cl2N2O3. The number of alkyl halides is 1. The van der Waals surface area contributed by atoms with Crippen molar-refractivity contribution in [2.24, 2.45) is 0 Å². The Balaban J connectivity index is 2.31. The van der Waals surface area contributed by atoms with Crippen molar-refractivity contribution in [2.45, 2.75) is 6.92 Å². The highest BCUT2D eigenvalue weighted by Crippen LogP contribution is 2.31. The van der Waals surface area contributed by atoms with E-state index in [2.05, 4.69) is 10.6 Å². The zero-order valence-electron chi connectivity index (χ0n) is 13.2. The van der Waals surface area contributed by atoms with Crippen LogP contribution in [0.1, 0.15) is 15.9 Å². The van der Waals surface area contributed by atoms with E-state index in [-0.39, 0.29) is 11.8 Å². The molecule has 126 valence electrons. The Hall–Kier alpha value is -2.24. The molecule has 2 amide bonds. The fourth-order valence-electron chi connectivity index (χ4n) is 2.09. The minimum absolute atomic E-state index is 0.194. The maximum atomic E-state index is 12.6. The highest BCUT2D eigenvalue weighted by atomic mass is 35.5. The number of methoxy groups -OCH3 is 1. The number of hydrogen-bond donors (Lipinski definition) is 2. The summed E-state index contributed by atoms with van der Waals surface area (Å²) in [5, 5.41) is 5.90. The minimum Gasteiger partial charge on any atom is -0.495 e. The SMILES string of the molecule is COc1cc(Cl)c(C)cc1NC(=O)c1ccccc1NC(=O)CCl. The van der Waals surface area contributed by atoms with Gasteiger partial charge in [0.1, 0.15) is 11.6 Å². The summed E-state index contributed by atoms with van der Waals surface area (Å²) in [6.07, 6.45) is 0. The van der Waals surface area contributed by atoms with Gasteiger partial charge in [0.05, 0.1) is 24.0 Å². The highest BCUT2D eigenvalue weighted by Gasteiger charge is 2.15. The normalized spacial score (nSPS) is 10.2. The van der Waals surface area contributed by atoms with Gasteiger partial charge in [0.25, 0.3) is 5.91 Å². The van der Waals surface area contributed by atoms with Crippen LogP contribution in [0, 0.1) is 6.92 Å². The van der Waals surface area contributed by atoms with E-state index >= 15 is 0 Å². The molecule has 0 saturated carbocycles. The van der Waals surface area contributed by atoms with E-state index in [1.807, 2.05) is 6.92 Å². The van der Waals surface area contributed by atoms with Crippen molar-refractivity contribution in [1.82, 2.24) is 0 Å². The number of nitrogens with one attached hydrogen (secondary N) is 2. The molecular weight excluding hydrogens is 351 g/mol. The monoisotopic (exact) mass is 366 g/mol. The number of rotatable bonds is 5. The Labute approximate surface area is 149 Å². The maximum absolute atomic E-state index is 12.6. The van der Waals surface area contributed by atoms with Gasteiger partial charge in [-0.25, -0.2) is 0 Å². The molecule has 0 saturated heterocycles. The van der Waals surface area contributed by atoms with Crippen LogP contribution in [-0.2, 0) is 4.79 Å². The maximum Gasteiger partial charge on any atom is 0.257 e. The van der Waals surface area contributed by atoms with Gasteiger partial charge in [-0.05, 0) is 30.7 Å². The predicted octanol–water partition coefficient (Wildman–Crippen LogP) is 4.09. The van der Waals surface area contributed by atoms with E-state index in [4.69, 9.17) is 27.9 Å². The number of carbonyl (C=O) groups is 2. The fraction of sp³-hybridized carbons (Fsp3) is 0.176. The first kappa shape index (κ1) is 18.1. The molecule has 2 rings (SSSR count). The summed E-state index contributed by atoms with van der Waals surface area (Å²) in [4.78, 5) is 24.1. The van der Waals surface area contributed by atoms with Crippen LogP contribution in [0.5, 0.6) is 5.75 Å². The van der Waals surface area contributed by atoms with Crippen molar-refractivity contribution in [2.75, 3.05) is 23.6 Å². The smallest absolute Gasteiger partial charge is 0.257 e. The van der Waals surface area contributed by atoms with E-state index in [9.17, 15) is 9.59 Å². The van der Waals surface area contributed by atoms with Crippen LogP contribution in [0.3, 0.4) is 0 Å². The van der Waals surface area contributed by atoms with Gasteiger partial charge < -0.3 is 15.4 Å². The second kappa shape index (κ2) is 8.04. The lowest BCUT2D eigenvalue weighted by molar-refractivity contribution is -0.113. The zero-order chi connectivity index (χ0) is 17.7. The first-order valence-corrected chi connectivity index (χ1v) is 7.97. The summed E-state index contributed by atoms with van der Waals surface area (Å²) >= 11 is 11.6. The van der Waals surface area contributed by atoms with E-state index in [1.54, 1.807) is 36.4 Å². The third-order valence-electron chi connectivity index (χ3n) is 3.30. The molecule has 0 aromatic heterocycles. The first-order chi connectivity index (χ1) is 11.5. The molecule has 0 heterocycles. The number of aryl methyl sites for hydroxylation is 1. The summed E-state index contributed by atoms with van der Waals surface area (Å²) < 4.78 is 5.24. The first-order valence-electron chi connectivity index (χ1n) is 7.06. The molecule has 0 aliphatic heterocycles. The highest BCUT2D eigenvalue weighted by molar-refractivity contribution is 6.31. The number of benzene rings is 2. The molecule has 0 bridgehead atoms. The van der Waals surface area contributed by atoms with Gasteiger partial charge in [0.2, 0.25) is 5.91 Å². The number of anilines is 2. The Kier molecular flexibility index (Phi) is 6.06. The van der Waals surface area contributed by atoms with Crippen molar-refractivity contribution in [1.29, 1.82) is 0 Å². The molecule has 0 atom stereocenters. The Morgan fingerprint density at radius 2 is 1.83 bits per heavy atom. The molecule has 0 unspecified atom stereocenters. The molecule has 0 aliphatic rings. The molecule has 7 heteroatoms. The van der Waals surface area contributed by atoms with Gasteiger partial charge in [-0.3, -0.25) is 9.59 Å². The number of halogens is 2. The lowest BCUT2D eigenvalue weighted by atomic mass is 10.1. The molecule has 0 radical (unpaired) electrons. The minimum atomic E-state index is -0.392. The number of carbonyl (C=O) groups excluding carboxylic acids is 2. The standard InChI is InChI=1S/C17H16Cl2N2O3/c1-10-7-14(15(24-2)8-12(10)19)21-17(23)11-5-3-4-6-13(11)20-16(22)9-18/h3-8H,9H2,1-2H3,(H,20,22)(H,21,23). The van der Waals surface area contributed by atoms with E-state index in [0.717, 1.165) is 5.56 Å². The van der Waals surface area contributed by atoms with E-state index in [0.29, 0.717) is 27.7 Å². The predicted molar refractivity (Wildman–Crippen MR) is 96.5 cm³/mol. The largest absolute Gasteiger partial charge is 0.495 e. The van der Waals surface area contributed by atoms with Crippen LogP contribution in [0.2, 0.25) is 5.02 Å². The molecule has 24 heavy (non-hydrogen) atoms. The van der Waals surface area contributed by atoms with Crippen molar-refractivity contribution in [3.8, 4) is 5.75 Å². The average Bonchev–Trinajstić information content (AvgIpc) is 2.58. The van der Waals surface area contributed by atoms with Crippen LogP contribution in [0.4, 0.5) is 11.4 Å². The zero-order valence-corrected chi connectivity index (χ0v) is 14.7. The molecule has 2 aromatic carbocycles. The van der Waals surface area contributed by atoms with Crippen molar-refractivity contribution < 1.29 is 14.3 Å². The Bertz CT molecular complexity index is 778. The van der Waals surface area contributed by atoms with Crippen LogP contribution in [0.15, 0.2) is 36.4 Å². The van der Waals surface area contributed by atoms with Gasteiger partial charge >= 0.3 is 0 Å². The van der Waals surface area contributed by atoms with Gasteiger partial charge in [0.15, 0.2) is 0 Å². The molecule has 2 N–H and O–H groups in total. The molecule has 0 spiro atoms. The van der Waals surface area contributed by atoms with Crippen molar-refractivity contribution >= 4 is 46.4 Å². The van der Waals surface area contributed by atoms with E-state index in [1.165, 1.54) is 7.11 Å². The third kappa shape index (κ3) is 4.19. The van der Waals surface area contributed by atoms with E-state index < -0.39 is 5.91 Å². The molecule has 0 fully saturated rings. The fourth-order valence-corrected chi connectivity index (χ4v) is 2.31. The van der Waals surface area contributed by atoms with Gasteiger partial charge in [-0.1, -0.05) is 23.7 Å². The lowest BCUT2D eigenvalue weighted by Gasteiger charge is -2.14. The Morgan fingerprint density at radius 3 is 2.50 bits per heavy atom.